The van der Waals surface area contributed by atoms with E-state index in [0.717, 1.165) is 18.4 Å². The van der Waals surface area contributed by atoms with Gasteiger partial charge in [0.05, 0.1) is 9.77 Å². The Morgan fingerprint density at radius 2 is 1.73 bits per heavy atom. The van der Waals surface area contributed by atoms with Crippen LogP contribution >= 0.6 is 37.8 Å². The molecule has 3 rings (SSSR count). The van der Waals surface area contributed by atoms with Gasteiger partial charge in [-0.1, -0.05) is 58.1 Å². The van der Waals surface area contributed by atoms with Gasteiger partial charge in [0.2, 0.25) is 5.82 Å². The summed E-state index contributed by atoms with van der Waals surface area (Å²) in [6.45, 7) is 5.92. The second kappa shape index (κ2) is 7.26. The van der Waals surface area contributed by atoms with Crippen LogP contribution in [0.15, 0.2) is 17.0 Å². The van der Waals surface area contributed by atoms with Gasteiger partial charge < -0.3 is 5.73 Å². The highest BCUT2D eigenvalue weighted by molar-refractivity contribution is 9.24. The first-order valence-corrected chi connectivity index (χ1v) is 14.7. The Hall–Kier alpha value is 0.270. The van der Waals surface area contributed by atoms with Crippen LogP contribution in [0.1, 0.15) is 26.2 Å². The lowest BCUT2D eigenvalue weighted by Gasteiger charge is -2.37. The van der Waals surface area contributed by atoms with Crippen molar-refractivity contribution in [3.8, 4) is 0 Å². The van der Waals surface area contributed by atoms with Crippen LogP contribution in [0.3, 0.4) is 0 Å². The van der Waals surface area contributed by atoms with Gasteiger partial charge >= 0.3 is 0 Å². The van der Waals surface area contributed by atoms with Crippen LogP contribution < -0.4 is 5.73 Å². The van der Waals surface area contributed by atoms with Crippen LogP contribution in [-0.4, -0.2) is 10.1 Å². The summed E-state index contributed by atoms with van der Waals surface area (Å²) in [6, 6.07) is 0. The quantitative estimate of drug-likeness (QED) is 0.180. The Labute approximate surface area is 165 Å². The third kappa shape index (κ3) is 3.62. The zero-order valence-electron chi connectivity index (χ0n) is 13.5. The van der Waals surface area contributed by atoms with Gasteiger partial charge in [0, 0.05) is 5.25 Å². The molecule has 0 bridgehead atoms. The van der Waals surface area contributed by atoms with Gasteiger partial charge in [0.25, 0.3) is 0 Å². The third-order valence-electron chi connectivity index (χ3n) is 4.53. The molecule has 1 nitrogen and oxygen atoms in total. The average Bonchev–Trinajstić information content (AvgIpc) is 2.84. The van der Waals surface area contributed by atoms with Crippen molar-refractivity contribution in [2.75, 3.05) is 0 Å². The third-order valence-corrected chi connectivity index (χ3v) is 18.4. The van der Waals surface area contributed by atoms with E-state index in [1.807, 2.05) is 6.92 Å². The van der Waals surface area contributed by atoms with Gasteiger partial charge in [0.15, 0.2) is 23.3 Å². The molecular formula is C15H15F5NPS4. The number of allylic oxidation sites excluding steroid dienone is 1. The minimum Gasteiger partial charge on any atom is -0.316 e. The second-order valence-electron chi connectivity index (χ2n) is 6.40. The molecule has 2 N–H and O–H groups in total. The van der Waals surface area contributed by atoms with E-state index in [4.69, 9.17) is 17.5 Å². The Morgan fingerprint density at radius 1 is 1.19 bits per heavy atom. The number of halogens is 5. The fourth-order valence-corrected chi connectivity index (χ4v) is 21.0. The van der Waals surface area contributed by atoms with E-state index >= 15 is 0 Å². The molecule has 1 aliphatic carbocycles. The lowest BCUT2D eigenvalue weighted by atomic mass is 9.82. The molecule has 1 saturated carbocycles. The first-order chi connectivity index (χ1) is 12.0. The number of nitrogens with two attached hydrogens (primary N) is 1. The molecule has 0 radical (unpaired) electrons. The summed E-state index contributed by atoms with van der Waals surface area (Å²) >= 11 is 8.80. The van der Waals surface area contributed by atoms with Crippen LogP contribution in [0, 0.1) is 35.0 Å². The fraction of sp³-hybridized carbons (Fsp3) is 0.467. The van der Waals surface area contributed by atoms with Crippen molar-refractivity contribution >= 4 is 49.6 Å². The van der Waals surface area contributed by atoms with Crippen molar-refractivity contribution in [2.45, 2.75) is 41.2 Å². The smallest absolute Gasteiger partial charge is 0.200 e. The van der Waals surface area contributed by atoms with Gasteiger partial charge in [-0.05, 0) is 32.1 Å². The highest BCUT2D eigenvalue weighted by Crippen LogP contribution is 2.89. The lowest BCUT2D eigenvalue weighted by molar-refractivity contribution is 0.352. The Bertz CT molecular complexity index is 806. The minimum atomic E-state index is -2.64. The Kier molecular flexibility index (Phi) is 5.86. The van der Waals surface area contributed by atoms with Crippen molar-refractivity contribution in [1.82, 2.24) is 0 Å². The standard InChI is InChI=1S/C15H15F5NPS4/c1-6(2)7-3-4-15(21)8(5-7)24-22(23,26-15)25-14-12(19)10(17)9(16)11(18)13(14)20/h7-8H,1,3-5,21H2,2H3/t7-,8-,15+,22+/m0/s1. The largest absolute Gasteiger partial charge is 0.316 e. The molecule has 0 aromatic heterocycles. The maximum atomic E-state index is 14.0. The van der Waals surface area contributed by atoms with Crippen molar-refractivity contribution in [2.24, 2.45) is 11.7 Å². The van der Waals surface area contributed by atoms with Crippen LogP contribution in [0.4, 0.5) is 22.0 Å². The Balaban J connectivity index is 1.91. The summed E-state index contributed by atoms with van der Waals surface area (Å²) in [6.07, 6.45) is 2.26. The molecule has 11 heteroatoms. The van der Waals surface area contributed by atoms with Crippen molar-refractivity contribution in [3.05, 3.63) is 41.2 Å². The van der Waals surface area contributed by atoms with Gasteiger partial charge in [-0.25, -0.2) is 22.0 Å². The summed E-state index contributed by atoms with van der Waals surface area (Å²) in [7, 11) is 0. The lowest BCUT2D eigenvalue weighted by Crippen LogP contribution is -2.47. The highest BCUT2D eigenvalue weighted by Gasteiger charge is 2.53. The predicted molar refractivity (Wildman–Crippen MR) is 104 cm³/mol. The molecule has 1 aromatic rings. The van der Waals surface area contributed by atoms with Gasteiger partial charge in [0.1, 0.15) is 3.64 Å². The number of rotatable bonds is 3. The average molecular weight is 464 g/mol. The maximum absolute atomic E-state index is 14.0. The summed E-state index contributed by atoms with van der Waals surface area (Å²) in [5, 5.41) is -0.0393. The van der Waals surface area contributed by atoms with Gasteiger partial charge in [-0.3, -0.25) is 0 Å². The van der Waals surface area contributed by atoms with Gasteiger partial charge in [-0.2, -0.15) is 0 Å². The van der Waals surface area contributed by atoms with Crippen LogP contribution in [-0.2, 0) is 11.8 Å². The number of benzene rings is 1. The summed E-state index contributed by atoms with van der Waals surface area (Å²) < 4.78 is 65.6. The van der Waals surface area contributed by atoms with Crippen LogP contribution in [0.2, 0.25) is 0 Å². The van der Waals surface area contributed by atoms with Crippen LogP contribution in [0.5, 0.6) is 0 Å². The molecular weight excluding hydrogens is 448 g/mol. The molecule has 0 unspecified atom stereocenters. The maximum Gasteiger partial charge on any atom is 0.200 e. The molecule has 2 fully saturated rings. The normalized spacial score (nSPS) is 34.0. The summed E-state index contributed by atoms with van der Waals surface area (Å²) in [5.41, 5.74) is 7.53. The number of fused-ring (bicyclic) bond motifs is 1. The SMILES string of the molecule is C=C(C)[C@H]1CC[C@@]2(N)S[P@@](=S)(Sc3c(F)c(F)c(F)c(F)c3F)S[C@H]2C1. The fourth-order valence-electron chi connectivity index (χ4n) is 3.02. The molecule has 26 heavy (non-hydrogen) atoms. The van der Waals surface area contributed by atoms with Crippen molar-refractivity contribution in [1.29, 1.82) is 0 Å². The molecule has 144 valence electrons. The molecule has 2 aliphatic rings. The van der Waals surface area contributed by atoms with E-state index in [2.05, 4.69) is 6.58 Å². The molecule has 1 heterocycles. The molecule has 1 saturated heterocycles. The van der Waals surface area contributed by atoms with E-state index in [-0.39, 0.29) is 5.25 Å². The van der Waals surface area contributed by atoms with E-state index in [9.17, 15) is 22.0 Å². The molecule has 4 atom stereocenters. The van der Waals surface area contributed by atoms with E-state index in [1.165, 1.54) is 22.8 Å². The molecule has 1 aromatic carbocycles. The molecule has 0 spiro atoms. The Morgan fingerprint density at radius 3 is 2.27 bits per heavy atom. The zero-order valence-corrected chi connectivity index (χ0v) is 17.7. The summed E-state index contributed by atoms with van der Waals surface area (Å²) in [5.74, 6) is -9.45. The van der Waals surface area contributed by atoms with E-state index < -0.39 is 42.5 Å². The number of hydrogen-bond acceptors (Lipinski definition) is 5. The van der Waals surface area contributed by atoms with Gasteiger partial charge in [-0.15, -0.1) is 0 Å². The van der Waals surface area contributed by atoms with E-state index in [1.54, 1.807) is 0 Å². The second-order valence-corrected chi connectivity index (χ2v) is 22.1. The first kappa shape index (κ1) is 21.0. The number of hydrogen-bond donors (Lipinski definition) is 1. The minimum absolute atomic E-state index is 0.0393. The highest BCUT2D eigenvalue weighted by atomic mass is 33.5. The summed E-state index contributed by atoms with van der Waals surface area (Å²) in [4.78, 5) is -1.56. The van der Waals surface area contributed by atoms with Crippen molar-refractivity contribution < 1.29 is 22.0 Å². The van der Waals surface area contributed by atoms with Crippen LogP contribution in [0.25, 0.3) is 0 Å². The first-order valence-electron chi connectivity index (χ1n) is 7.62. The molecule has 1 aliphatic heterocycles. The van der Waals surface area contributed by atoms with Crippen molar-refractivity contribution in [3.63, 3.8) is 0 Å². The topological polar surface area (TPSA) is 26.0 Å². The zero-order chi connectivity index (χ0) is 19.4. The monoisotopic (exact) mass is 463 g/mol. The predicted octanol–water partition coefficient (Wildman–Crippen LogP) is 6.58. The molecule has 0 amide bonds. The van der Waals surface area contributed by atoms with E-state index in [0.29, 0.717) is 23.7 Å².